The van der Waals surface area contributed by atoms with E-state index in [1.807, 2.05) is 30.3 Å². The van der Waals surface area contributed by atoms with Gasteiger partial charge in [0.05, 0.1) is 19.8 Å². The van der Waals surface area contributed by atoms with Crippen LogP contribution in [0.15, 0.2) is 54.6 Å². The summed E-state index contributed by atoms with van der Waals surface area (Å²) in [6, 6.07) is 16.1. The van der Waals surface area contributed by atoms with Gasteiger partial charge in [-0.15, -0.1) is 0 Å². The highest BCUT2D eigenvalue weighted by Crippen LogP contribution is 2.29. The van der Waals surface area contributed by atoms with Crippen molar-refractivity contribution in [3.63, 3.8) is 0 Å². The summed E-state index contributed by atoms with van der Waals surface area (Å²) in [5.74, 6) is -1.56. The number of benzene rings is 2. The lowest BCUT2D eigenvalue weighted by Gasteiger charge is -2.18. The van der Waals surface area contributed by atoms with Crippen molar-refractivity contribution < 1.29 is 19.1 Å². The molecule has 0 radical (unpaired) electrons. The molecule has 0 aliphatic rings. The predicted octanol–water partition coefficient (Wildman–Crippen LogP) is 2.78. The van der Waals surface area contributed by atoms with Crippen molar-refractivity contribution >= 4 is 11.9 Å². The summed E-state index contributed by atoms with van der Waals surface area (Å²) >= 11 is 0. The molecular formula is C17H16O4. The van der Waals surface area contributed by atoms with Crippen molar-refractivity contribution in [3.05, 3.63) is 71.3 Å². The van der Waals surface area contributed by atoms with Crippen LogP contribution in [0.5, 0.6) is 0 Å². The molecule has 4 nitrogen and oxygen atoms in total. The highest BCUT2D eigenvalue weighted by Gasteiger charge is 2.27. The van der Waals surface area contributed by atoms with Gasteiger partial charge in [0, 0.05) is 0 Å². The van der Waals surface area contributed by atoms with Crippen LogP contribution in [-0.2, 0) is 14.3 Å². The zero-order valence-electron chi connectivity index (χ0n) is 11.9. The smallest absolute Gasteiger partial charge is 0.338 e. The average Bonchev–Trinajstić information content (AvgIpc) is 2.55. The van der Waals surface area contributed by atoms with E-state index in [2.05, 4.69) is 0 Å². The van der Waals surface area contributed by atoms with Gasteiger partial charge in [-0.2, -0.15) is 0 Å². The molecule has 21 heavy (non-hydrogen) atoms. The molecule has 1 atom stereocenters. The summed E-state index contributed by atoms with van der Waals surface area (Å²) in [5, 5.41) is 0. The van der Waals surface area contributed by atoms with Crippen LogP contribution in [0.4, 0.5) is 0 Å². The molecule has 0 N–H and O–H groups in total. The molecule has 1 unspecified atom stereocenters. The Morgan fingerprint density at radius 3 is 2.10 bits per heavy atom. The average molecular weight is 284 g/mol. The van der Waals surface area contributed by atoms with E-state index in [0.717, 1.165) is 5.56 Å². The maximum atomic E-state index is 12.2. The molecule has 2 aromatic rings. The molecule has 0 saturated heterocycles. The number of carbonyl (C=O) groups is 2. The number of esters is 2. The van der Waals surface area contributed by atoms with Gasteiger partial charge in [-0.25, -0.2) is 4.79 Å². The van der Waals surface area contributed by atoms with E-state index in [9.17, 15) is 9.59 Å². The SMILES string of the molecule is COC(=O)c1ccccc1C(C(=O)OC)c1ccccc1. The Morgan fingerprint density at radius 2 is 1.48 bits per heavy atom. The molecule has 0 aliphatic heterocycles. The zero-order valence-corrected chi connectivity index (χ0v) is 11.9. The highest BCUT2D eigenvalue weighted by molar-refractivity contribution is 5.94. The van der Waals surface area contributed by atoms with Crippen LogP contribution < -0.4 is 0 Å². The van der Waals surface area contributed by atoms with Crippen LogP contribution in [0.3, 0.4) is 0 Å². The lowest BCUT2D eigenvalue weighted by atomic mass is 9.88. The largest absolute Gasteiger partial charge is 0.468 e. The number of hydrogen-bond acceptors (Lipinski definition) is 4. The number of rotatable bonds is 4. The van der Waals surface area contributed by atoms with Gasteiger partial charge < -0.3 is 9.47 Å². The van der Waals surface area contributed by atoms with Crippen LogP contribution >= 0.6 is 0 Å². The fraction of sp³-hybridized carbons (Fsp3) is 0.176. The van der Waals surface area contributed by atoms with Crippen LogP contribution in [0.25, 0.3) is 0 Å². The Labute approximate surface area is 123 Å². The minimum atomic E-state index is -0.661. The summed E-state index contributed by atoms with van der Waals surface area (Å²) in [7, 11) is 2.65. The maximum absolute atomic E-state index is 12.2. The standard InChI is InChI=1S/C17H16O4/c1-20-16(18)14-11-7-6-10-13(14)15(17(19)21-2)12-8-4-3-5-9-12/h3-11,15H,1-2H3. The van der Waals surface area contributed by atoms with Gasteiger partial charge in [-0.3, -0.25) is 4.79 Å². The fourth-order valence-electron chi connectivity index (χ4n) is 2.25. The lowest BCUT2D eigenvalue weighted by molar-refractivity contribution is -0.141. The summed E-state index contributed by atoms with van der Waals surface area (Å²) in [6.45, 7) is 0. The lowest BCUT2D eigenvalue weighted by Crippen LogP contribution is -2.19. The molecule has 2 rings (SSSR count). The van der Waals surface area contributed by atoms with E-state index in [1.165, 1.54) is 14.2 Å². The first-order valence-corrected chi connectivity index (χ1v) is 6.49. The number of hydrogen-bond donors (Lipinski definition) is 0. The van der Waals surface area contributed by atoms with E-state index in [4.69, 9.17) is 9.47 Å². The van der Waals surface area contributed by atoms with Gasteiger partial charge in [0.2, 0.25) is 0 Å². The molecule has 0 aromatic heterocycles. The van der Waals surface area contributed by atoms with Crippen LogP contribution in [-0.4, -0.2) is 26.2 Å². The first-order chi connectivity index (χ1) is 10.2. The molecular weight excluding hydrogens is 268 g/mol. The second kappa shape index (κ2) is 6.70. The van der Waals surface area contributed by atoms with Crippen molar-refractivity contribution in [2.45, 2.75) is 5.92 Å². The predicted molar refractivity (Wildman–Crippen MR) is 78.1 cm³/mol. The molecule has 0 bridgehead atoms. The van der Waals surface area contributed by atoms with E-state index >= 15 is 0 Å². The zero-order chi connectivity index (χ0) is 15.2. The quantitative estimate of drug-likeness (QED) is 0.810. The minimum absolute atomic E-state index is 0.360. The first-order valence-electron chi connectivity index (χ1n) is 6.49. The van der Waals surface area contributed by atoms with Crippen molar-refractivity contribution in [2.75, 3.05) is 14.2 Å². The highest BCUT2D eigenvalue weighted by atomic mass is 16.5. The first kappa shape index (κ1) is 14.8. The Balaban J connectivity index is 2.58. The van der Waals surface area contributed by atoms with Crippen molar-refractivity contribution in [3.8, 4) is 0 Å². The summed E-state index contributed by atoms with van der Waals surface area (Å²) in [4.78, 5) is 24.1. The summed E-state index contributed by atoms with van der Waals surface area (Å²) in [5.41, 5.74) is 1.70. The van der Waals surface area contributed by atoms with Crippen LogP contribution in [0.2, 0.25) is 0 Å². The van der Waals surface area contributed by atoms with E-state index in [-0.39, 0.29) is 0 Å². The third-order valence-electron chi connectivity index (χ3n) is 3.25. The maximum Gasteiger partial charge on any atom is 0.338 e. The number of ether oxygens (including phenoxy) is 2. The molecule has 108 valence electrons. The van der Waals surface area contributed by atoms with Gasteiger partial charge in [0.15, 0.2) is 0 Å². The van der Waals surface area contributed by atoms with E-state index in [0.29, 0.717) is 11.1 Å². The van der Waals surface area contributed by atoms with Crippen LogP contribution in [0, 0.1) is 0 Å². The second-order valence-corrected chi connectivity index (χ2v) is 4.45. The van der Waals surface area contributed by atoms with Crippen molar-refractivity contribution in [1.82, 2.24) is 0 Å². The van der Waals surface area contributed by atoms with Gasteiger partial charge in [0.25, 0.3) is 0 Å². The Hall–Kier alpha value is -2.62. The molecule has 0 heterocycles. The van der Waals surface area contributed by atoms with Gasteiger partial charge in [-0.1, -0.05) is 48.5 Å². The molecule has 0 spiro atoms. The third kappa shape index (κ3) is 3.11. The Bertz CT molecular complexity index is 634. The summed E-state index contributed by atoms with van der Waals surface area (Å²) in [6.07, 6.45) is 0. The van der Waals surface area contributed by atoms with Gasteiger partial charge >= 0.3 is 11.9 Å². The van der Waals surface area contributed by atoms with E-state index < -0.39 is 17.9 Å². The van der Waals surface area contributed by atoms with Gasteiger partial charge in [0.1, 0.15) is 5.92 Å². The molecule has 0 saturated carbocycles. The number of carbonyl (C=O) groups excluding carboxylic acids is 2. The fourth-order valence-corrected chi connectivity index (χ4v) is 2.25. The molecule has 2 aromatic carbocycles. The topological polar surface area (TPSA) is 52.6 Å². The normalized spacial score (nSPS) is 11.5. The monoisotopic (exact) mass is 284 g/mol. The van der Waals surface area contributed by atoms with Crippen LogP contribution in [0.1, 0.15) is 27.4 Å². The number of methoxy groups -OCH3 is 2. The molecule has 0 aliphatic carbocycles. The minimum Gasteiger partial charge on any atom is -0.468 e. The second-order valence-electron chi connectivity index (χ2n) is 4.45. The van der Waals surface area contributed by atoms with Gasteiger partial charge in [-0.05, 0) is 17.2 Å². The van der Waals surface area contributed by atoms with Crippen molar-refractivity contribution in [1.29, 1.82) is 0 Å². The van der Waals surface area contributed by atoms with Crippen molar-refractivity contribution in [2.24, 2.45) is 0 Å². The Morgan fingerprint density at radius 1 is 0.857 bits per heavy atom. The van der Waals surface area contributed by atoms with E-state index in [1.54, 1.807) is 24.3 Å². The molecule has 4 heteroatoms. The summed E-state index contributed by atoms with van der Waals surface area (Å²) < 4.78 is 9.68. The molecule has 0 fully saturated rings. The Kier molecular flexibility index (Phi) is 4.72. The molecule has 0 amide bonds. The third-order valence-corrected chi connectivity index (χ3v) is 3.25.